The Balaban J connectivity index is 1.60. The molecule has 0 atom stereocenters. The number of hydrogen-bond donors (Lipinski definition) is 2. The second-order valence-corrected chi connectivity index (χ2v) is 5.94. The lowest BCUT2D eigenvalue weighted by Gasteiger charge is -2.10. The van der Waals surface area contributed by atoms with E-state index >= 15 is 0 Å². The molecule has 0 aliphatic heterocycles. The number of hydrogen-bond acceptors (Lipinski definition) is 7. The lowest BCUT2D eigenvalue weighted by molar-refractivity contribution is 0.442. The second-order valence-electron chi connectivity index (χ2n) is 5.94. The van der Waals surface area contributed by atoms with Crippen molar-refractivity contribution in [1.82, 2.24) is 15.0 Å². The Morgan fingerprint density at radius 2 is 1.61 bits per heavy atom. The molecule has 0 saturated carbocycles. The Morgan fingerprint density at radius 3 is 2.36 bits per heavy atom. The van der Waals surface area contributed by atoms with E-state index in [0.717, 1.165) is 16.5 Å². The molecule has 28 heavy (non-hydrogen) atoms. The Morgan fingerprint density at radius 1 is 0.857 bits per heavy atom. The monoisotopic (exact) mass is 368 g/mol. The smallest absolute Gasteiger partial charge is 0.328 e. The molecule has 7 heteroatoms. The third-order valence-corrected chi connectivity index (χ3v) is 4.04. The average Bonchev–Trinajstić information content (AvgIpc) is 2.74. The molecule has 0 bridgehead atoms. The number of aromatic nitrogens is 3. The van der Waals surface area contributed by atoms with E-state index < -0.39 is 0 Å². The number of nitrogens with one attached hydrogen (secondary N) is 2. The van der Waals surface area contributed by atoms with E-state index in [1.54, 1.807) is 31.3 Å². The van der Waals surface area contributed by atoms with Gasteiger partial charge in [0.25, 0.3) is 0 Å². The van der Waals surface area contributed by atoms with Crippen LogP contribution in [0.15, 0.2) is 66.7 Å². The maximum atomic E-state index is 8.90. The number of nitrogens with zero attached hydrogens (tertiary/aromatic N) is 4. The van der Waals surface area contributed by atoms with Gasteiger partial charge in [-0.25, -0.2) is 0 Å². The fourth-order valence-electron chi connectivity index (χ4n) is 2.66. The van der Waals surface area contributed by atoms with Gasteiger partial charge in [0.2, 0.25) is 11.9 Å². The van der Waals surface area contributed by atoms with Gasteiger partial charge in [0.1, 0.15) is 5.75 Å². The number of rotatable bonds is 5. The molecular formula is C21H16N6O. The Kier molecular flexibility index (Phi) is 4.68. The van der Waals surface area contributed by atoms with Crippen LogP contribution in [0, 0.1) is 11.3 Å². The zero-order valence-electron chi connectivity index (χ0n) is 15.0. The topological polar surface area (TPSA) is 95.8 Å². The van der Waals surface area contributed by atoms with E-state index in [-0.39, 0.29) is 6.01 Å². The predicted molar refractivity (Wildman–Crippen MR) is 108 cm³/mol. The first-order valence-electron chi connectivity index (χ1n) is 8.61. The van der Waals surface area contributed by atoms with Crippen LogP contribution in [-0.2, 0) is 0 Å². The molecule has 4 rings (SSSR count). The van der Waals surface area contributed by atoms with Gasteiger partial charge in [0, 0.05) is 12.7 Å². The first kappa shape index (κ1) is 17.2. The number of ether oxygens (including phenoxy) is 1. The molecule has 0 radical (unpaired) electrons. The molecule has 0 unspecified atom stereocenters. The molecule has 136 valence electrons. The Hall–Kier alpha value is -4.18. The summed E-state index contributed by atoms with van der Waals surface area (Å²) in [5.74, 6) is 1.35. The highest BCUT2D eigenvalue weighted by molar-refractivity contribution is 5.83. The fraction of sp³-hybridized carbons (Fsp3) is 0.0476. The average molecular weight is 368 g/mol. The summed E-state index contributed by atoms with van der Waals surface area (Å²) in [7, 11) is 1.72. The van der Waals surface area contributed by atoms with Crippen molar-refractivity contribution in [3.05, 3.63) is 72.3 Å². The summed E-state index contributed by atoms with van der Waals surface area (Å²) in [6, 6.07) is 23.1. The minimum atomic E-state index is 0.172. The first-order chi connectivity index (χ1) is 13.7. The van der Waals surface area contributed by atoms with Crippen molar-refractivity contribution in [2.75, 3.05) is 17.7 Å². The maximum absolute atomic E-state index is 8.90. The highest BCUT2D eigenvalue weighted by atomic mass is 16.5. The van der Waals surface area contributed by atoms with Gasteiger partial charge in [-0.05, 0) is 47.2 Å². The molecule has 1 heterocycles. The van der Waals surface area contributed by atoms with Crippen molar-refractivity contribution in [3.8, 4) is 17.8 Å². The summed E-state index contributed by atoms with van der Waals surface area (Å²) in [5.41, 5.74) is 1.33. The summed E-state index contributed by atoms with van der Waals surface area (Å²) in [6.45, 7) is 0. The third kappa shape index (κ3) is 3.81. The van der Waals surface area contributed by atoms with Crippen LogP contribution in [0.1, 0.15) is 5.56 Å². The minimum absolute atomic E-state index is 0.172. The quantitative estimate of drug-likeness (QED) is 0.536. The van der Waals surface area contributed by atoms with Gasteiger partial charge in [0.05, 0.1) is 11.6 Å². The van der Waals surface area contributed by atoms with Gasteiger partial charge >= 0.3 is 6.01 Å². The summed E-state index contributed by atoms with van der Waals surface area (Å²) in [5, 5.41) is 17.1. The van der Waals surface area contributed by atoms with Crippen molar-refractivity contribution in [3.63, 3.8) is 0 Å². The van der Waals surface area contributed by atoms with Crippen LogP contribution in [0.2, 0.25) is 0 Å². The van der Waals surface area contributed by atoms with Crippen molar-refractivity contribution < 1.29 is 4.74 Å². The number of nitriles is 1. The van der Waals surface area contributed by atoms with Gasteiger partial charge in [-0.3, -0.25) is 0 Å². The summed E-state index contributed by atoms with van der Waals surface area (Å²) in [6.07, 6.45) is 0. The highest BCUT2D eigenvalue weighted by Gasteiger charge is 2.09. The summed E-state index contributed by atoms with van der Waals surface area (Å²) < 4.78 is 5.86. The molecule has 7 nitrogen and oxygen atoms in total. The Bertz CT molecular complexity index is 1170. The highest BCUT2D eigenvalue weighted by Crippen LogP contribution is 2.25. The maximum Gasteiger partial charge on any atom is 0.328 e. The number of benzene rings is 3. The van der Waals surface area contributed by atoms with Crippen LogP contribution >= 0.6 is 0 Å². The molecule has 0 aliphatic rings. The lowest BCUT2D eigenvalue weighted by atomic mass is 10.1. The number of fused-ring (bicyclic) bond motifs is 1. The molecule has 4 aromatic rings. The largest absolute Gasteiger partial charge is 0.424 e. The van der Waals surface area contributed by atoms with Crippen LogP contribution in [0.4, 0.5) is 17.6 Å². The van der Waals surface area contributed by atoms with Crippen molar-refractivity contribution in [2.24, 2.45) is 0 Å². The van der Waals surface area contributed by atoms with Crippen molar-refractivity contribution in [2.45, 2.75) is 0 Å². The number of anilines is 3. The lowest BCUT2D eigenvalue weighted by Crippen LogP contribution is -2.05. The molecule has 1 aromatic heterocycles. The molecule has 2 N–H and O–H groups in total. The minimum Gasteiger partial charge on any atom is -0.424 e. The van der Waals surface area contributed by atoms with Crippen LogP contribution < -0.4 is 15.4 Å². The van der Waals surface area contributed by atoms with E-state index in [9.17, 15) is 0 Å². The van der Waals surface area contributed by atoms with Gasteiger partial charge in [-0.1, -0.05) is 30.3 Å². The molecular weight excluding hydrogens is 352 g/mol. The van der Waals surface area contributed by atoms with Crippen LogP contribution in [-0.4, -0.2) is 22.0 Å². The third-order valence-electron chi connectivity index (χ3n) is 4.04. The van der Waals surface area contributed by atoms with Gasteiger partial charge in [-0.2, -0.15) is 20.2 Å². The van der Waals surface area contributed by atoms with E-state index in [0.29, 0.717) is 23.2 Å². The second kappa shape index (κ2) is 7.60. The van der Waals surface area contributed by atoms with Crippen LogP contribution in [0.3, 0.4) is 0 Å². The van der Waals surface area contributed by atoms with Gasteiger partial charge in [0.15, 0.2) is 0 Å². The molecule has 0 aliphatic carbocycles. The van der Waals surface area contributed by atoms with E-state index in [4.69, 9.17) is 10.00 Å². The van der Waals surface area contributed by atoms with Crippen molar-refractivity contribution in [1.29, 1.82) is 5.26 Å². The van der Waals surface area contributed by atoms with Gasteiger partial charge < -0.3 is 15.4 Å². The zero-order valence-corrected chi connectivity index (χ0v) is 15.0. The van der Waals surface area contributed by atoms with Crippen LogP contribution in [0.25, 0.3) is 10.8 Å². The van der Waals surface area contributed by atoms with E-state index in [1.165, 1.54) is 0 Å². The molecule has 0 saturated heterocycles. The fourth-order valence-corrected chi connectivity index (χ4v) is 2.66. The van der Waals surface area contributed by atoms with Crippen molar-refractivity contribution >= 4 is 28.4 Å². The molecule has 0 amide bonds. The van der Waals surface area contributed by atoms with Gasteiger partial charge in [-0.15, -0.1) is 0 Å². The predicted octanol–water partition coefficient (Wildman–Crippen LogP) is 4.47. The molecule has 0 spiro atoms. The Labute approximate surface area is 161 Å². The van der Waals surface area contributed by atoms with E-state index in [2.05, 4.69) is 31.7 Å². The standard InChI is InChI=1S/C21H16N6O/c1-23-19-25-20(24-17-9-6-14(13-22)7-10-17)27-21(26-19)28-18-11-8-15-4-2-3-5-16(15)12-18/h2-12H,1H3,(H2,23,24,25,26,27). The van der Waals surface area contributed by atoms with Crippen LogP contribution in [0.5, 0.6) is 11.8 Å². The first-order valence-corrected chi connectivity index (χ1v) is 8.61. The normalized spacial score (nSPS) is 10.3. The zero-order chi connectivity index (χ0) is 19.3. The SMILES string of the molecule is CNc1nc(Nc2ccc(C#N)cc2)nc(Oc2ccc3ccccc3c2)n1. The molecule has 0 fully saturated rings. The molecule has 3 aromatic carbocycles. The summed E-state index contributed by atoms with van der Waals surface area (Å²) in [4.78, 5) is 12.9. The van der Waals surface area contributed by atoms with E-state index in [1.807, 2.05) is 42.5 Å². The summed E-state index contributed by atoms with van der Waals surface area (Å²) >= 11 is 0.